The first-order chi connectivity index (χ1) is 12.4. The minimum atomic E-state index is -3.34. The zero-order chi connectivity index (χ0) is 18.5. The van der Waals surface area contributed by atoms with Gasteiger partial charge < -0.3 is 0 Å². The topological polar surface area (TPSA) is 52.0 Å². The summed E-state index contributed by atoms with van der Waals surface area (Å²) < 4.78 is 51.7. The highest BCUT2D eigenvalue weighted by atomic mass is 32.2. The van der Waals surface area contributed by atoms with Crippen molar-refractivity contribution in [3.05, 3.63) is 66.4 Å². The van der Waals surface area contributed by atoms with Gasteiger partial charge in [0.05, 0.1) is 16.1 Å². The predicted molar refractivity (Wildman–Crippen MR) is 96.6 cm³/mol. The maximum Gasteiger partial charge on any atom is 0.282 e. The van der Waals surface area contributed by atoms with E-state index in [4.69, 9.17) is 0 Å². The first kappa shape index (κ1) is 16.7. The van der Waals surface area contributed by atoms with Gasteiger partial charge in [0.25, 0.3) is 6.43 Å². The average molecular weight is 372 g/mol. The van der Waals surface area contributed by atoms with Crippen molar-refractivity contribution in [2.45, 2.75) is 11.3 Å². The van der Waals surface area contributed by atoms with Crippen molar-refractivity contribution in [2.75, 3.05) is 6.26 Å². The summed E-state index contributed by atoms with van der Waals surface area (Å²) in [6.07, 6.45) is -1.59. The lowest BCUT2D eigenvalue weighted by molar-refractivity contribution is 0.147. The summed E-state index contributed by atoms with van der Waals surface area (Å²) in [5.74, 6) is 0. The molecule has 0 bridgehead atoms. The lowest BCUT2D eigenvalue weighted by Gasteiger charge is -2.07. The van der Waals surface area contributed by atoms with Crippen LogP contribution in [0.25, 0.3) is 27.4 Å². The van der Waals surface area contributed by atoms with Crippen molar-refractivity contribution in [1.29, 1.82) is 0 Å². The summed E-state index contributed by atoms with van der Waals surface area (Å²) in [5, 5.41) is 6.21. The third-order valence-electron chi connectivity index (χ3n) is 4.31. The molecular weight excluding hydrogens is 358 g/mol. The van der Waals surface area contributed by atoms with Crippen molar-refractivity contribution < 1.29 is 17.2 Å². The number of rotatable bonds is 3. The van der Waals surface area contributed by atoms with Gasteiger partial charge in [-0.15, -0.1) is 0 Å². The number of fused-ring (bicyclic) bond motifs is 3. The fraction of sp³-hybridized carbons (Fsp3) is 0.105. The SMILES string of the molecule is CS(=O)(=O)c1ccc(-n2nc(C(F)F)c3ccc4ccccc4c32)cc1. The maximum atomic E-state index is 13.5. The van der Waals surface area contributed by atoms with Gasteiger partial charge in [0.15, 0.2) is 9.84 Å². The van der Waals surface area contributed by atoms with Crippen molar-refractivity contribution >= 4 is 31.5 Å². The van der Waals surface area contributed by atoms with E-state index in [0.717, 1.165) is 17.0 Å². The Morgan fingerprint density at radius 1 is 0.923 bits per heavy atom. The zero-order valence-corrected chi connectivity index (χ0v) is 14.5. The van der Waals surface area contributed by atoms with Gasteiger partial charge in [0.1, 0.15) is 5.69 Å². The van der Waals surface area contributed by atoms with Crippen LogP contribution in [0.1, 0.15) is 12.1 Å². The Morgan fingerprint density at radius 2 is 1.62 bits per heavy atom. The van der Waals surface area contributed by atoms with Gasteiger partial charge in [-0.1, -0.05) is 36.4 Å². The molecule has 0 unspecified atom stereocenters. The maximum absolute atomic E-state index is 13.5. The summed E-state index contributed by atoms with van der Waals surface area (Å²) in [4.78, 5) is 0.164. The molecule has 0 amide bonds. The molecule has 0 aliphatic heterocycles. The third-order valence-corrected chi connectivity index (χ3v) is 5.44. The summed E-state index contributed by atoms with van der Waals surface area (Å²) in [5.41, 5.74) is 0.800. The lowest BCUT2D eigenvalue weighted by atomic mass is 10.1. The van der Waals surface area contributed by atoms with E-state index in [2.05, 4.69) is 5.10 Å². The minimum absolute atomic E-state index is 0.164. The molecule has 132 valence electrons. The quantitative estimate of drug-likeness (QED) is 0.531. The third kappa shape index (κ3) is 2.64. The number of hydrogen-bond acceptors (Lipinski definition) is 3. The normalized spacial score (nSPS) is 12.3. The van der Waals surface area contributed by atoms with Crippen molar-refractivity contribution in [1.82, 2.24) is 9.78 Å². The van der Waals surface area contributed by atoms with Gasteiger partial charge in [-0.2, -0.15) is 5.10 Å². The van der Waals surface area contributed by atoms with Crippen molar-refractivity contribution in [2.24, 2.45) is 0 Å². The molecule has 4 rings (SSSR count). The standard InChI is InChI=1S/C19H14F2N2O2S/c1-26(24,25)14-9-7-13(8-10-14)23-18-15-5-3-2-4-12(15)6-11-16(18)17(22-23)19(20)21/h2-11,19H,1H3. The minimum Gasteiger partial charge on any atom is -0.232 e. The number of benzene rings is 3. The van der Waals surface area contributed by atoms with Crippen LogP contribution >= 0.6 is 0 Å². The van der Waals surface area contributed by atoms with Crippen molar-refractivity contribution in [3.63, 3.8) is 0 Å². The molecule has 1 heterocycles. The fourth-order valence-electron chi connectivity index (χ4n) is 3.08. The molecule has 4 nitrogen and oxygen atoms in total. The van der Waals surface area contributed by atoms with Crippen molar-refractivity contribution in [3.8, 4) is 5.69 Å². The lowest BCUT2D eigenvalue weighted by Crippen LogP contribution is -2.00. The van der Waals surface area contributed by atoms with Crippen LogP contribution in [0.5, 0.6) is 0 Å². The molecule has 0 aliphatic carbocycles. The van der Waals surface area contributed by atoms with Crippen LogP contribution in [-0.4, -0.2) is 24.5 Å². The molecule has 7 heteroatoms. The molecule has 0 N–H and O–H groups in total. The molecule has 0 spiro atoms. The smallest absolute Gasteiger partial charge is 0.232 e. The van der Waals surface area contributed by atoms with E-state index in [1.807, 2.05) is 24.3 Å². The van der Waals surface area contributed by atoms with E-state index < -0.39 is 16.3 Å². The van der Waals surface area contributed by atoms with Crippen LogP contribution in [0.2, 0.25) is 0 Å². The Hall–Kier alpha value is -2.80. The van der Waals surface area contributed by atoms with E-state index >= 15 is 0 Å². The van der Waals surface area contributed by atoms with E-state index in [1.54, 1.807) is 24.3 Å². The number of alkyl halides is 2. The molecule has 0 atom stereocenters. The largest absolute Gasteiger partial charge is 0.282 e. The van der Waals surface area contributed by atoms with Gasteiger partial charge >= 0.3 is 0 Å². The number of aromatic nitrogens is 2. The second-order valence-electron chi connectivity index (χ2n) is 6.05. The van der Waals surface area contributed by atoms with E-state index in [1.165, 1.54) is 16.8 Å². The average Bonchev–Trinajstić information content (AvgIpc) is 3.01. The van der Waals surface area contributed by atoms with Crippen LogP contribution in [0.15, 0.2) is 65.6 Å². The zero-order valence-electron chi connectivity index (χ0n) is 13.7. The van der Waals surface area contributed by atoms with Crippen LogP contribution in [0, 0.1) is 0 Å². The Labute approximate surface area is 148 Å². The highest BCUT2D eigenvalue weighted by Gasteiger charge is 2.21. The number of halogens is 2. The second-order valence-corrected chi connectivity index (χ2v) is 8.06. The molecule has 0 fully saturated rings. The molecule has 0 saturated carbocycles. The van der Waals surface area contributed by atoms with Crippen LogP contribution in [0.4, 0.5) is 8.78 Å². The van der Waals surface area contributed by atoms with Crippen LogP contribution in [-0.2, 0) is 9.84 Å². The van der Waals surface area contributed by atoms with Gasteiger partial charge in [-0.05, 0) is 29.7 Å². The van der Waals surface area contributed by atoms with Crippen LogP contribution < -0.4 is 0 Å². The van der Waals surface area contributed by atoms with Gasteiger partial charge in [0.2, 0.25) is 0 Å². The second kappa shape index (κ2) is 5.88. The van der Waals surface area contributed by atoms with E-state index in [0.29, 0.717) is 16.6 Å². The summed E-state index contributed by atoms with van der Waals surface area (Å²) in [6.45, 7) is 0. The molecule has 0 radical (unpaired) electrons. The van der Waals surface area contributed by atoms with Gasteiger partial charge in [-0.3, -0.25) is 0 Å². The molecule has 4 aromatic rings. The molecule has 26 heavy (non-hydrogen) atoms. The highest BCUT2D eigenvalue weighted by molar-refractivity contribution is 7.90. The highest BCUT2D eigenvalue weighted by Crippen LogP contribution is 2.33. The summed E-state index contributed by atoms with van der Waals surface area (Å²) in [7, 11) is -3.34. The molecule has 1 aromatic heterocycles. The molecule has 0 aliphatic rings. The van der Waals surface area contributed by atoms with E-state index in [9.17, 15) is 17.2 Å². The predicted octanol–water partition coefficient (Wildman–Crippen LogP) is 4.52. The first-order valence-electron chi connectivity index (χ1n) is 7.85. The summed E-state index contributed by atoms with van der Waals surface area (Å²) >= 11 is 0. The monoisotopic (exact) mass is 372 g/mol. The molecule has 3 aromatic carbocycles. The van der Waals surface area contributed by atoms with E-state index in [-0.39, 0.29) is 10.6 Å². The molecule has 0 saturated heterocycles. The number of sulfone groups is 1. The Balaban J connectivity index is 2.04. The van der Waals surface area contributed by atoms with Gasteiger partial charge in [0, 0.05) is 17.0 Å². The summed E-state index contributed by atoms with van der Waals surface area (Å²) in [6, 6.07) is 17.0. The van der Waals surface area contributed by atoms with Gasteiger partial charge in [-0.25, -0.2) is 21.9 Å². The Kier molecular flexibility index (Phi) is 3.77. The molecular formula is C19H14F2N2O2S. The number of hydrogen-bond donors (Lipinski definition) is 0. The number of nitrogens with zero attached hydrogens (tertiary/aromatic N) is 2. The Bertz CT molecular complexity index is 1230. The first-order valence-corrected chi connectivity index (χ1v) is 9.74. The Morgan fingerprint density at radius 3 is 2.27 bits per heavy atom. The fourth-order valence-corrected chi connectivity index (χ4v) is 3.71. The van der Waals surface area contributed by atoms with Crippen LogP contribution in [0.3, 0.4) is 0 Å².